The average Bonchev–Trinajstić information content (AvgIpc) is 3.45. The van der Waals surface area contributed by atoms with Crippen molar-refractivity contribution in [1.82, 2.24) is 25.1 Å². The lowest BCUT2D eigenvalue weighted by Gasteiger charge is -2.40. The molecule has 7 nitrogen and oxygen atoms in total. The number of aromatic nitrogens is 2. The number of aromatic amines is 1. The molecule has 2 fully saturated rings. The Labute approximate surface area is 204 Å². The van der Waals surface area contributed by atoms with Crippen LogP contribution >= 0.6 is 0 Å². The lowest BCUT2D eigenvalue weighted by atomic mass is 9.76. The molecule has 3 heterocycles. The summed E-state index contributed by atoms with van der Waals surface area (Å²) in [6.45, 7) is 13.7. The fourth-order valence-electron chi connectivity index (χ4n) is 5.59. The Morgan fingerprint density at radius 2 is 1.94 bits per heavy atom. The van der Waals surface area contributed by atoms with Crippen LogP contribution < -0.4 is 5.32 Å². The maximum absolute atomic E-state index is 12.9. The molecule has 0 saturated carbocycles. The number of ether oxygens (including phenoxy) is 1. The molecule has 186 valence electrons. The summed E-state index contributed by atoms with van der Waals surface area (Å²) in [6.07, 6.45) is 6.88. The molecule has 2 N–H and O–H groups in total. The topological polar surface area (TPSA) is 73.5 Å². The lowest BCUT2D eigenvalue weighted by molar-refractivity contribution is -0.148. The number of carbonyl (C=O) groups excluding carboxylic acids is 1. The van der Waals surface area contributed by atoms with Crippen molar-refractivity contribution in [1.29, 1.82) is 0 Å². The number of nitrogens with zero attached hydrogens (tertiary/aromatic N) is 3. The Morgan fingerprint density at radius 1 is 1.21 bits per heavy atom. The lowest BCUT2D eigenvalue weighted by Crippen LogP contribution is -2.42. The fraction of sp³-hybridized carbons (Fsp3) is 0.630. The van der Waals surface area contributed by atoms with Crippen molar-refractivity contribution in [2.75, 3.05) is 32.8 Å². The van der Waals surface area contributed by atoms with Crippen LogP contribution in [-0.4, -0.2) is 64.6 Å². The molecule has 1 atom stereocenters. The molecule has 0 amide bonds. The Morgan fingerprint density at radius 3 is 2.59 bits per heavy atom. The zero-order valence-electron chi connectivity index (χ0n) is 21.1. The van der Waals surface area contributed by atoms with Gasteiger partial charge in [-0.15, -0.1) is 0 Å². The minimum atomic E-state index is -0.133. The quantitative estimate of drug-likeness (QED) is 0.521. The molecule has 2 aliphatic heterocycles. The molecule has 0 radical (unpaired) electrons. The molecule has 2 aliphatic rings. The van der Waals surface area contributed by atoms with E-state index in [0.717, 1.165) is 51.5 Å². The molecular formula is C27H41N5O2. The third kappa shape index (κ3) is 6.46. The van der Waals surface area contributed by atoms with E-state index in [4.69, 9.17) is 4.74 Å². The number of esters is 1. The zero-order valence-corrected chi connectivity index (χ0v) is 21.1. The van der Waals surface area contributed by atoms with Crippen LogP contribution in [0.15, 0.2) is 36.7 Å². The molecule has 1 aromatic carbocycles. The van der Waals surface area contributed by atoms with E-state index in [0.29, 0.717) is 12.5 Å². The van der Waals surface area contributed by atoms with E-state index in [9.17, 15) is 4.79 Å². The van der Waals surface area contributed by atoms with Gasteiger partial charge in [-0.05, 0) is 61.7 Å². The second-order valence-electron chi connectivity index (χ2n) is 10.5. The predicted molar refractivity (Wildman–Crippen MR) is 134 cm³/mol. The van der Waals surface area contributed by atoms with Gasteiger partial charge in [-0.3, -0.25) is 9.69 Å². The van der Waals surface area contributed by atoms with Gasteiger partial charge in [0.1, 0.15) is 11.9 Å². The first kappa shape index (κ1) is 24.9. The summed E-state index contributed by atoms with van der Waals surface area (Å²) in [5.74, 6) is 1.59. The molecule has 7 heteroatoms. The predicted octanol–water partition coefficient (Wildman–Crippen LogP) is 3.58. The molecule has 2 aromatic rings. The Bertz CT molecular complexity index is 888. The Balaban J connectivity index is 1.35. The number of nitrogens with one attached hydrogen (secondary N) is 2. The third-order valence-electron chi connectivity index (χ3n) is 7.29. The summed E-state index contributed by atoms with van der Waals surface area (Å²) in [5, 5.41) is 3.42. The molecule has 0 aliphatic carbocycles. The van der Waals surface area contributed by atoms with E-state index in [1.54, 1.807) is 6.20 Å². The average molecular weight is 468 g/mol. The first-order valence-corrected chi connectivity index (χ1v) is 12.9. The van der Waals surface area contributed by atoms with E-state index in [2.05, 4.69) is 63.2 Å². The Hall–Kier alpha value is -2.22. The largest absolute Gasteiger partial charge is 0.465 e. The van der Waals surface area contributed by atoms with Crippen molar-refractivity contribution < 1.29 is 9.53 Å². The first-order valence-electron chi connectivity index (χ1n) is 12.9. The minimum Gasteiger partial charge on any atom is -0.465 e. The van der Waals surface area contributed by atoms with Crippen LogP contribution in [0.2, 0.25) is 0 Å². The van der Waals surface area contributed by atoms with Crippen LogP contribution in [0.3, 0.4) is 0 Å². The molecule has 0 bridgehead atoms. The van der Waals surface area contributed by atoms with Gasteiger partial charge in [0.25, 0.3) is 0 Å². The van der Waals surface area contributed by atoms with Crippen molar-refractivity contribution in [3.63, 3.8) is 0 Å². The number of rotatable bonds is 10. The minimum absolute atomic E-state index is 0.0530. The number of hydrogen-bond donors (Lipinski definition) is 2. The van der Waals surface area contributed by atoms with Gasteiger partial charge < -0.3 is 19.9 Å². The maximum Gasteiger partial charge on any atom is 0.323 e. The van der Waals surface area contributed by atoms with Crippen LogP contribution in [0, 0.1) is 11.3 Å². The first-order chi connectivity index (χ1) is 16.5. The highest BCUT2D eigenvalue weighted by molar-refractivity contribution is 5.76. The molecule has 34 heavy (non-hydrogen) atoms. The highest BCUT2D eigenvalue weighted by Gasteiger charge is 2.48. The van der Waals surface area contributed by atoms with Crippen LogP contribution in [0.1, 0.15) is 57.0 Å². The maximum atomic E-state index is 12.9. The van der Waals surface area contributed by atoms with Crippen LogP contribution in [0.25, 0.3) is 0 Å². The summed E-state index contributed by atoms with van der Waals surface area (Å²) < 4.78 is 5.49. The number of piperidine rings is 1. The highest BCUT2D eigenvalue weighted by Crippen LogP contribution is 2.44. The van der Waals surface area contributed by atoms with E-state index in [1.165, 1.54) is 30.5 Å². The van der Waals surface area contributed by atoms with E-state index in [-0.39, 0.29) is 17.4 Å². The van der Waals surface area contributed by atoms with Crippen molar-refractivity contribution in [3.8, 4) is 0 Å². The SMILES string of the molecule is CCOC(=O)C1CC2(CCN(CC(C)C)CC2)CN1Cc1ccc(CNCc2ncc[nH]2)cc1. The van der Waals surface area contributed by atoms with E-state index < -0.39 is 0 Å². The van der Waals surface area contributed by atoms with Crippen molar-refractivity contribution >= 4 is 5.97 Å². The molecule has 1 aromatic heterocycles. The molecular weight excluding hydrogens is 426 g/mol. The second-order valence-corrected chi connectivity index (χ2v) is 10.5. The molecule has 4 rings (SSSR count). The van der Waals surface area contributed by atoms with Gasteiger partial charge in [0.2, 0.25) is 0 Å². The monoisotopic (exact) mass is 467 g/mol. The summed E-state index contributed by atoms with van der Waals surface area (Å²) in [6, 6.07) is 8.62. The normalized spacial score (nSPS) is 20.9. The van der Waals surface area contributed by atoms with Gasteiger partial charge in [0.15, 0.2) is 0 Å². The van der Waals surface area contributed by atoms with Gasteiger partial charge in [-0.1, -0.05) is 38.1 Å². The zero-order chi connectivity index (χ0) is 24.0. The summed E-state index contributed by atoms with van der Waals surface area (Å²) in [4.78, 5) is 25.2. The number of benzene rings is 1. The van der Waals surface area contributed by atoms with Crippen LogP contribution in [0.4, 0.5) is 0 Å². The van der Waals surface area contributed by atoms with Crippen molar-refractivity contribution in [2.45, 2.75) is 65.7 Å². The fourth-order valence-corrected chi connectivity index (χ4v) is 5.59. The van der Waals surface area contributed by atoms with Gasteiger partial charge in [-0.25, -0.2) is 4.98 Å². The van der Waals surface area contributed by atoms with Gasteiger partial charge in [0, 0.05) is 38.6 Å². The number of H-pyrrole nitrogens is 1. The highest BCUT2D eigenvalue weighted by atomic mass is 16.5. The number of hydrogen-bond acceptors (Lipinski definition) is 6. The molecule has 1 spiro atoms. The van der Waals surface area contributed by atoms with E-state index >= 15 is 0 Å². The summed E-state index contributed by atoms with van der Waals surface area (Å²) >= 11 is 0. The Kier molecular flexibility index (Phi) is 8.40. The standard InChI is InChI=1S/C27H41N5O2/c1-4-34-26(33)24-15-27(9-13-31(14-10-27)18-21(2)3)20-32(24)19-23-7-5-22(6-8-23)16-28-17-25-29-11-12-30-25/h5-8,11-12,21,24,28H,4,9-10,13-20H2,1-3H3,(H,29,30). The number of imidazole rings is 1. The smallest absolute Gasteiger partial charge is 0.323 e. The van der Waals surface area contributed by atoms with E-state index in [1.807, 2.05) is 13.1 Å². The summed E-state index contributed by atoms with van der Waals surface area (Å²) in [7, 11) is 0. The summed E-state index contributed by atoms with van der Waals surface area (Å²) in [5.41, 5.74) is 2.73. The number of likely N-dealkylation sites (tertiary alicyclic amines) is 2. The number of carbonyl (C=O) groups is 1. The van der Waals surface area contributed by atoms with Gasteiger partial charge >= 0.3 is 5.97 Å². The molecule has 2 saturated heterocycles. The molecule has 1 unspecified atom stereocenters. The van der Waals surface area contributed by atoms with Gasteiger partial charge in [-0.2, -0.15) is 0 Å². The van der Waals surface area contributed by atoms with Gasteiger partial charge in [0.05, 0.1) is 13.2 Å². The third-order valence-corrected chi connectivity index (χ3v) is 7.29. The van der Waals surface area contributed by atoms with Crippen molar-refractivity contribution in [3.05, 3.63) is 53.6 Å². The van der Waals surface area contributed by atoms with Crippen LogP contribution in [-0.2, 0) is 29.2 Å². The second kappa shape index (κ2) is 11.5. The van der Waals surface area contributed by atoms with Crippen molar-refractivity contribution in [2.24, 2.45) is 11.3 Å². The van der Waals surface area contributed by atoms with Crippen LogP contribution in [0.5, 0.6) is 0 Å².